The predicted octanol–water partition coefficient (Wildman–Crippen LogP) is 4.64. The number of halogens is 1. The van der Waals surface area contributed by atoms with Gasteiger partial charge in [-0.25, -0.2) is 9.78 Å². The van der Waals surface area contributed by atoms with Crippen LogP contribution < -0.4 is 10.9 Å². The van der Waals surface area contributed by atoms with Crippen molar-refractivity contribution in [2.75, 3.05) is 11.9 Å². The minimum absolute atomic E-state index is 0.125. The number of aromatic nitrogens is 7. The summed E-state index contributed by atoms with van der Waals surface area (Å²) < 4.78 is 8.25. The first-order chi connectivity index (χ1) is 19.0. The Kier molecular flexibility index (Phi) is 6.41. The molecule has 0 bridgehead atoms. The van der Waals surface area contributed by atoms with Gasteiger partial charge < -0.3 is 14.3 Å². The minimum atomic E-state index is -0.496. The van der Waals surface area contributed by atoms with Crippen LogP contribution in [0.2, 0.25) is 5.02 Å². The maximum absolute atomic E-state index is 13.4. The van der Waals surface area contributed by atoms with E-state index in [2.05, 4.69) is 30.8 Å². The van der Waals surface area contributed by atoms with Crippen LogP contribution in [0.4, 0.5) is 10.5 Å². The number of tetrazole rings is 1. The number of aryl methyl sites for hydroxylation is 1. The molecule has 0 radical (unpaired) electrons. The fourth-order valence-corrected chi connectivity index (χ4v) is 5.06. The van der Waals surface area contributed by atoms with Gasteiger partial charge in [-0.3, -0.25) is 10.1 Å². The largest absolute Gasteiger partial charge is 0.450 e. The Labute approximate surface area is 227 Å². The zero-order valence-electron chi connectivity index (χ0n) is 20.8. The van der Waals surface area contributed by atoms with Crippen molar-refractivity contribution in [3.8, 4) is 28.1 Å². The number of pyridine rings is 1. The monoisotopic (exact) mass is 542 g/mol. The molecule has 0 saturated heterocycles. The number of aromatic amines is 1. The molecule has 0 spiro atoms. The number of benzene rings is 2. The number of H-pyrrole nitrogens is 1. The quantitative estimate of drug-likeness (QED) is 0.319. The molecule has 2 N–H and O–H groups in total. The fraction of sp³-hybridized carbons (Fsp3) is 0.185. The minimum Gasteiger partial charge on any atom is -0.450 e. The van der Waals surface area contributed by atoms with Crippen LogP contribution in [-0.2, 0) is 11.2 Å². The molecular weight excluding hydrogens is 520 g/mol. The summed E-state index contributed by atoms with van der Waals surface area (Å²) in [5.41, 5.74) is 5.37. The zero-order valence-corrected chi connectivity index (χ0v) is 21.6. The summed E-state index contributed by atoms with van der Waals surface area (Å²) in [4.78, 5) is 33.0. The summed E-state index contributed by atoms with van der Waals surface area (Å²) in [5, 5.41) is 14.7. The third kappa shape index (κ3) is 4.79. The molecule has 1 aliphatic heterocycles. The van der Waals surface area contributed by atoms with Crippen LogP contribution in [0.1, 0.15) is 30.9 Å². The Morgan fingerprint density at radius 2 is 2.00 bits per heavy atom. The third-order valence-electron chi connectivity index (χ3n) is 6.63. The Hall–Kier alpha value is -4.77. The maximum atomic E-state index is 13.4. The van der Waals surface area contributed by atoms with Crippen LogP contribution in [-0.4, -0.2) is 47.4 Å². The number of nitrogens with one attached hydrogen (secondary N) is 2. The first-order valence-corrected chi connectivity index (χ1v) is 12.8. The van der Waals surface area contributed by atoms with E-state index in [-0.39, 0.29) is 11.6 Å². The van der Waals surface area contributed by atoms with Gasteiger partial charge in [0.05, 0.1) is 30.2 Å². The van der Waals surface area contributed by atoms with E-state index in [1.807, 2.05) is 30.3 Å². The van der Waals surface area contributed by atoms with Gasteiger partial charge in [-0.15, -0.1) is 5.10 Å². The summed E-state index contributed by atoms with van der Waals surface area (Å²) in [6.07, 6.45) is 4.22. The number of rotatable bonds is 6. The number of amides is 1. The summed E-state index contributed by atoms with van der Waals surface area (Å²) in [5.74, 6) is 0.712. The number of carbonyl (C=O) groups excluding carboxylic acids is 1. The predicted molar refractivity (Wildman–Crippen MR) is 145 cm³/mol. The van der Waals surface area contributed by atoms with Crippen LogP contribution in [0.5, 0.6) is 0 Å². The zero-order chi connectivity index (χ0) is 26.9. The summed E-state index contributed by atoms with van der Waals surface area (Å²) >= 11 is 6.30. The van der Waals surface area contributed by atoms with Crippen molar-refractivity contribution in [1.82, 2.24) is 34.7 Å². The highest BCUT2D eigenvalue weighted by molar-refractivity contribution is 6.31. The van der Waals surface area contributed by atoms with Crippen molar-refractivity contribution >= 4 is 23.4 Å². The second-order valence-corrected chi connectivity index (χ2v) is 9.46. The van der Waals surface area contributed by atoms with Gasteiger partial charge in [0.2, 0.25) is 0 Å². The van der Waals surface area contributed by atoms with Crippen molar-refractivity contribution in [3.05, 3.63) is 94.0 Å². The van der Waals surface area contributed by atoms with Gasteiger partial charge in [0, 0.05) is 28.0 Å². The number of anilines is 1. The number of ether oxygens (including phenoxy) is 1. The molecule has 196 valence electrons. The fourth-order valence-electron chi connectivity index (χ4n) is 4.89. The van der Waals surface area contributed by atoms with Crippen LogP contribution in [0.25, 0.3) is 28.1 Å². The van der Waals surface area contributed by atoms with E-state index >= 15 is 0 Å². The van der Waals surface area contributed by atoms with Crippen molar-refractivity contribution < 1.29 is 9.53 Å². The highest BCUT2D eigenvalue weighted by Gasteiger charge is 2.28. The smallest absolute Gasteiger partial charge is 0.411 e. The lowest BCUT2D eigenvalue weighted by Crippen LogP contribution is -2.23. The lowest BCUT2D eigenvalue weighted by Gasteiger charge is -2.15. The van der Waals surface area contributed by atoms with E-state index in [9.17, 15) is 9.59 Å². The molecule has 11 nitrogen and oxygen atoms in total. The molecule has 0 fully saturated rings. The Balaban J connectivity index is 1.28. The Morgan fingerprint density at radius 1 is 1.15 bits per heavy atom. The number of nitrogens with zero attached hydrogens (tertiary/aromatic N) is 6. The van der Waals surface area contributed by atoms with E-state index in [1.165, 1.54) is 6.33 Å². The van der Waals surface area contributed by atoms with Crippen molar-refractivity contribution in [2.24, 2.45) is 0 Å². The van der Waals surface area contributed by atoms with Gasteiger partial charge in [0.1, 0.15) is 12.2 Å². The first kappa shape index (κ1) is 24.6. The lowest BCUT2D eigenvalue weighted by atomic mass is 10.0. The topological polar surface area (TPSA) is 133 Å². The summed E-state index contributed by atoms with van der Waals surface area (Å²) in [6, 6.07) is 16.2. The molecule has 6 rings (SSSR count). The van der Waals surface area contributed by atoms with E-state index in [0.29, 0.717) is 23.1 Å². The van der Waals surface area contributed by atoms with Gasteiger partial charge in [-0.1, -0.05) is 23.7 Å². The van der Waals surface area contributed by atoms with E-state index < -0.39 is 6.09 Å². The van der Waals surface area contributed by atoms with Gasteiger partial charge in [0.25, 0.3) is 5.56 Å². The van der Waals surface area contributed by atoms with Gasteiger partial charge in [0.15, 0.2) is 0 Å². The van der Waals surface area contributed by atoms with Crippen LogP contribution >= 0.6 is 11.6 Å². The van der Waals surface area contributed by atoms with E-state index in [1.54, 1.807) is 46.6 Å². The molecule has 1 amide bonds. The first-order valence-electron chi connectivity index (χ1n) is 12.4. The van der Waals surface area contributed by atoms with Gasteiger partial charge in [-0.2, -0.15) is 4.68 Å². The van der Waals surface area contributed by atoms with E-state index in [0.717, 1.165) is 46.6 Å². The Morgan fingerprint density at radius 3 is 2.77 bits per heavy atom. The molecule has 2 aromatic carbocycles. The molecule has 12 heteroatoms. The molecule has 0 saturated carbocycles. The normalized spacial score (nSPS) is 14.3. The number of hydrogen-bond donors (Lipinski definition) is 2. The summed E-state index contributed by atoms with van der Waals surface area (Å²) in [7, 11) is 0. The van der Waals surface area contributed by atoms with Crippen LogP contribution in [0.3, 0.4) is 0 Å². The number of fused-ring (bicyclic) bond motifs is 1. The average molecular weight is 543 g/mol. The average Bonchev–Trinajstić information content (AvgIpc) is 3.70. The number of imidazole rings is 1. The van der Waals surface area contributed by atoms with Gasteiger partial charge >= 0.3 is 6.09 Å². The highest BCUT2D eigenvalue weighted by atomic mass is 35.5. The standard InChI is InChI=1S/C27H23ClN8O3/c1-2-39-27(38)31-19-6-3-16(4-7-19)22-14-29-26(32-22)24-10-8-20-11-17(12-25(37)36(20)24)21-13-18(28)5-9-23(21)35-15-30-33-34-35/h3-7,9,11-15,24H,2,8,10H2,1H3,(H,29,32)(H,31,38). The second-order valence-electron chi connectivity index (χ2n) is 9.02. The molecule has 39 heavy (non-hydrogen) atoms. The molecule has 5 aromatic rings. The maximum Gasteiger partial charge on any atom is 0.411 e. The molecule has 3 aromatic heterocycles. The third-order valence-corrected chi connectivity index (χ3v) is 6.86. The summed E-state index contributed by atoms with van der Waals surface area (Å²) in [6.45, 7) is 2.06. The molecule has 0 aliphatic carbocycles. The molecule has 1 unspecified atom stereocenters. The van der Waals surface area contributed by atoms with Crippen molar-refractivity contribution in [3.63, 3.8) is 0 Å². The highest BCUT2D eigenvalue weighted by Crippen LogP contribution is 2.34. The van der Waals surface area contributed by atoms with Crippen molar-refractivity contribution in [1.29, 1.82) is 0 Å². The molecule has 1 aliphatic rings. The van der Waals surface area contributed by atoms with Crippen molar-refractivity contribution in [2.45, 2.75) is 25.8 Å². The number of hydrogen-bond acceptors (Lipinski definition) is 7. The number of carbonyl (C=O) groups is 1. The van der Waals surface area contributed by atoms with Crippen LogP contribution in [0, 0.1) is 0 Å². The second kappa shape index (κ2) is 10.2. The van der Waals surface area contributed by atoms with Crippen LogP contribution in [0.15, 0.2) is 71.9 Å². The lowest BCUT2D eigenvalue weighted by molar-refractivity contribution is 0.168. The molecule has 1 atom stereocenters. The molecule has 4 heterocycles. The van der Waals surface area contributed by atoms with Gasteiger partial charge in [-0.05, 0) is 77.7 Å². The molecular formula is C27H23ClN8O3. The Bertz CT molecular complexity index is 1710. The SMILES string of the molecule is CCOC(=O)Nc1ccc(-c2cnc(C3CCc4cc(-c5cc(Cl)ccc5-n5cnnn5)cc(=O)n43)[nH]2)cc1. The van der Waals surface area contributed by atoms with E-state index in [4.69, 9.17) is 16.3 Å².